The van der Waals surface area contributed by atoms with Gasteiger partial charge in [-0.15, -0.1) is 0 Å². The van der Waals surface area contributed by atoms with Crippen LogP contribution in [0, 0.1) is 5.92 Å². The van der Waals surface area contributed by atoms with E-state index in [9.17, 15) is 4.79 Å². The number of nitrogens with zero attached hydrogens (tertiary/aromatic N) is 2. The maximum atomic E-state index is 11.3. The largest absolute Gasteiger partial charge is 0.384 e. The number of aromatic nitrogens is 1. The number of fused-ring (bicyclic) bond motifs is 1. The maximum absolute atomic E-state index is 11.3. The van der Waals surface area contributed by atoms with Gasteiger partial charge >= 0.3 is 0 Å². The Kier molecular flexibility index (Phi) is 3.65. The fraction of sp³-hybridized carbons (Fsp3) is 0.375. The van der Waals surface area contributed by atoms with E-state index in [-0.39, 0.29) is 0 Å². The molecule has 1 aromatic carbocycles. The Balaban J connectivity index is 1.96. The van der Waals surface area contributed by atoms with Crippen LogP contribution in [0.3, 0.4) is 0 Å². The van der Waals surface area contributed by atoms with E-state index in [1.54, 1.807) is 7.11 Å². The minimum Gasteiger partial charge on any atom is -0.384 e. The van der Waals surface area contributed by atoms with E-state index in [1.807, 2.05) is 30.3 Å². The first-order valence-corrected chi connectivity index (χ1v) is 6.90. The summed E-state index contributed by atoms with van der Waals surface area (Å²) in [5, 5.41) is 1.01. The van der Waals surface area contributed by atoms with Gasteiger partial charge in [-0.2, -0.15) is 0 Å². The van der Waals surface area contributed by atoms with Crippen molar-refractivity contribution >= 4 is 23.0 Å². The van der Waals surface area contributed by atoms with Crippen molar-refractivity contribution in [1.82, 2.24) is 4.98 Å². The topological polar surface area (TPSA) is 42.4 Å². The van der Waals surface area contributed by atoms with Gasteiger partial charge in [0.1, 0.15) is 5.82 Å². The number of carbonyl (C=O) groups is 1. The van der Waals surface area contributed by atoms with Gasteiger partial charge in [0.25, 0.3) is 0 Å². The molecule has 0 amide bonds. The van der Waals surface area contributed by atoms with Gasteiger partial charge in [-0.1, -0.05) is 18.2 Å². The summed E-state index contributed by atoms with van der Waals surface area (Å²) in [5.41, 5.74) is 1.60. The number of methoxy groups -OCH3 is 1. The van der Waals surface area contributed by atoms with Crippen molar-refractivity contribution in [3.05, 3.63) is 35.9 Å². The lowest BCUT2D eigenvalue weighted by Crippen LogP contribution is -2.23. The molecule has 2 aromatic rings. The van der Waals surface area contributed by atoms with Crippen LogP contribution in [0.25, 0.3) is 10.9 Å². The highest BCUT2D eigenvalue weighted by Crippen LogP contribution is 2.27. The lowest BCUT2D eigenvalue weighted by Gasteiger charge is -2.19. The molecule has 20 heavy (non-hydrogen) atoms. The average Bonchev–Trinajstić information content (AvgIpc) is 2.94. The molecule has 1 aromatic heterocycles. The quantitative estimate of drug-likeness (QED) is 0.801. The summed E-state index contributed by atoms with van der Waals surface area (Å²) < 4.78 is 5.22. The number of rotatable bonds is 4. The minimum atomic E-state index is 0.521. The summed E-state index contributed by atoms with van der Waals surface area (Å²) in [5.74, 6) is 1.32. The molecule has 1 aliphatic heterocycles. The number of benzene rings is 1. The second-order valence-corrected chi connectivity index (χ2v) is 5.27. The van der Waals surface area contributed by atoms with Crippen LogP contribution in [0.5, 0.6) is 0 Å². The van der Waals surface area contributed by atoms with E-state index < -0.39 is 0 Å². The number of hydrogen-bond acceptors (Lipinski definition) is 4. The van der Waals surface area contributed by atoms with Crippen LogP contribution in [0.2, 0.25) is 0 Å². The molecular weight excluding hydrogens is 252 g/mol. The molecule has 1 aliphatic rings. The van der Waals surface area contributed by atoms with Gasteiger partial charge in [0.2, 0.25) is 0 Å². The Bertz CT molecular complexity index is 627. The predicted molar refractivity (Wildman–Crippen MR) is 79.3 cm³/mol. The van der Waals surface area contributed by atoms with E-state index >= 15 is 0 Å². The second kappa shape index (κ2) is 5.59. The number of aldehydes is 1. The normalized spacial score (nSPS) is 18.6. The Labute approximate surface area is 118 Å². The molecule has 4 nitrogen and oxygen atoms in total. The SMILES string of the molecule is COCC1CCN(c2nc3ccccc3cc2C=O)C1. The van der Waals surface area contributed by atoms with Crippen LogP contribution in [-0.4, -0.2) is 38.1 Å². The van der Waals surface area contributed by atoms with Crippen LogP contribution < -0.4 is 4.90 Å². The average molecular weight is 270 g/mol. The number of para-hydroxylation sites is 1. The first-order chi connectivity index (χ1) is 9.81. The van der Waals surface area contributed by atoms with E-state index in [0.29, 0.717) is 11.5 Å². The molecule has 2 heterocycles. The van der Waals surface area contributed by atoms with Gasteiger partial charge in [0.15, 0.2) is 6.29 Å². The molecule has 0 N–H and O–H groups in total. The monoisotopic (exact) mass is 270 g/mol. The molecule has 3 rings (SSSR count). The van der Waals surface area contributed by atoms with Gasteiger partial charge in [0, 0.05) is 31.5 Å². The molecule has 0 spiro atoms. The minimum absolute atomic E-state index is 0.521. The first kappa shape index (κ1) is 13.1. The van der Waals surface area contributed by atoms with Crippen molar-refractivity contribution in [3.8, 4) is 0 Å². The molecular formula is C16H18N2O2. The highest BCUT2D eigenvalue weighted by molar-refractivity contribution is 5.91. The lowest BCUT2D eigenvalue weighted by molar-refractivity contribution is 0.112. The van der Waals surface area contributed by atoms with Gasteiger partial charge in [-0.05, 0) is 18.6 Å². The van der Waals surface area contributed by atoms with E-state index in [4.69, 9.17) is 4.74 Å². The zero-order valence-corrected chi connectivity index (χ0v) is 11.6. The molecule has 1 atom stereocenters. The van der Waals surface area contributed by atoms with Gasteiger partial charge in [-0.25, -0.2) is 4.98 Å². The summed E-state index contributed by atoms with van der Waals surface area (Å²) in [6.45, 7) is 2.60. The molecule has 4 heteroatoms. The van der Waals surface area contributed by atoms with Gasteiger partial charge < -0.3 is 9.64 Å². The Morgan fingerprint density at radius 1 is 1.45 bits per heavy atom. The van der Waals surface area contributed by atoms with Crippen molar-refractivity contribution in [2.24, 2.45) is 5.92 Å². The van der Waals surface area contributed by atoms with Crippen LogP contribution in [0.1, 0.15) is 16.8 Å². The van der Waals surface area contributed by atoms with Crippen LogP contribution >= 0.6 is 0 Å². The summed E-state index contributed by atoms with van der Waals surface area (Å²) in [6, 6.07) is 9.82. The second-order valence-electron chi connectivity index (χ2n) is 5.27. The predicted octanol–water partition coefficient (Wildman–Crippen LogP) is 2.52. The van der Waals surface area contributed by atoms with Crippen LogP contribution in [-0.2, 0) is 4.74 Å². The lowest BCUT2D eigenvalue weighted by atomic mass is 10.1. The molecule has 1 fully saturated rings. The number of ether oxygens (including phenoxy) is 1. The molecule has 0 bridgehead atoms. The smallest absolute Gasteiger partial charge is 0.153 e. The van der Waals surface area contributed by atoms with Crippen molar-refractivity contribution in [3.63, 3.8) is 0 Å². The summed E-state index contributed by atoms with van der Waals surface area (Å²) >= 11 is 0. The van der Waals surface area contributed by atoms with Crippen molar-refractivity contribution in [1.29, 1.82) is 0 Å². The molecule has 104 valence electrons. The highest BCUT2D eigenvalue weighted by Gasteiger charge is 2.25. The molecule has 1 unspecified atom stereocenters. The summed E-state index contributed by atoms with van der Waals surface area (Å²) in [4.78, 5) is 18.2. The Hall–Kier alpha value is -1.94. The third-order valence-corrected chi connectivity index (χ3v) is 3.85. The molecule has 0 saturated carbocycles. The molecule has 0 radical (unpaired) electrons. The van der Waals surface area contributed by atoms with Crippen molar-refractivity contribution in [2.45, 2.75) is 6.42 Å². The van der Waals surface area contributed by atoms with Crippen LogP contribution in [0.4, 0.5) is 5.82 Å². The number of anilines is 1. The Morgan fingerprint density at radius 3 is 3.10 bits per heavy atom. The zero-order valence-electron chi connectivity index (χ0n) is 11.6. The van der Waals surface area contributed by atoms with E-state index in [2.05, 4.69) is 9.88 Å². The van der Waals surface area contributed by atoms with Gasteiger partial charge in [0.05, 0.1) is 17.7 Å². The standard InChI is InChI=1S/C16H18N2O2/c1-20-11-12-6-7-18(9-12)16-14(10-19)8-13-4-2-3-5-15(13)17-16/h2-5,8,10,12H,6-7,9,11H2,1H3. The third kappa shape index (κ3) is 2.39. The van der Waals surface area contributed by atoms with Crippen molar-refractivity contribution in [2.75, 3.05) is 31.7 Å². The van der Waals surface area contributed by atoms with E-state index in [1.165, 1.54) is 0 Å². The number of carbonyl (C=O) groups excluding carboxylic acids is 1. The highest BCUT2D eigenvalue weighted by atomic mass is 16.5. The summed E-state index contributed by atoms with van der Waals surface area (Å²) in [6.07, 6.45) is 1.99. The van der Waals surface area contributed by atoms with Crippen molar-refractivity contribution < 1.29 is 9.53 Å². The Morgan fingerprint density at radius 2 is 2.30 bits per heavy atom. The van der Waals surface area contributed by atoms with E-state index in [0.717, 1.165) is 49.1 Å². The molecule has 1 saturated heterocycles. The fourth-order valence-electron chi connectivity index (χ4n) is 2.86. The van der Waals surface area contributed by atoms with Gasteiger partial charge in [-0.3, -0.25) is 4.79 Å². The zero-order chi connectivity index (χ0) is 13.9. The maximum Gasteiger partial charge on any atom is 0.153 e. The summed E-state index contributed by atoms with van der Waals surface area (Å²) in [7, 11) is 1.73. The molecule has 0 aliphatic carbocycles. The first-order valence-electron chi connectivity index (χ1n) is 6.90. The fourth-order valence-corrected chi connectivity index (χ4v) is 2.86. The number of pyridine rings is 1. The van der Waals surface area contributed by atoms with Crippen LogP contribution in [0.15, 0.2) is 30.3 Å². The number of hydrogen-bond donors (Lipinski definition) is 0. The third-order valence-electron chi connectivity index (χ3n) is 3.85.